The molecule has 1 aromatic rings. The molecule has 0 saturated carbocycles. The Morgan fingerprint density at radius 1 is 1.38 bits per heavy atom. The summed E-state index contributed by atoms with van der Waals surface area (Å²) in [6, 6.07) is 6.55. The van der Waals surface area contributed by atoms with E-state index in [-0.39, 0.29) is 24.8 Å². The fraction of sp³-hybridized carbons (Fsp3) is 0.467. The van der Waals surface area contributed by atoms with Crippen molar-refractivity contribution in [1.82, 2.24) is 10.2 Å². The van der Waals surface area contributed by atoms with Gasteiger partial charge in [-0.2, -0.15) is 0 Å². The summed E-state index contributed by atoms with van der Waals surface area (Å²) in [7, 11) is 1.73. The SMILES string of the molecule is C=CC[C@@H](c1cc(Br)ccc1OC)N1CCNCC1.Cl.Cl. The second kappa shape index (κ2) is 10.5. The van der Waals surface area contributed by atoms with Crippen molar-refractivity contribution in [2.45, 2.75) is 12.5 Å². The van der Waals surface area contributed by atoms with E-state index >= 15 is 0 Å². The van der Waals surface area contributed by atoms with Crippen LogP contribution in [0.5, 0.6) is 5.75 Å². The van der Waals surface area contributed by atoms with Crippen LogP contribution in [0.25, 0.3) is 0 Å². The summed E-state index contributed by atoms with van der Waals surface area (Å²) < 4.78 is 6.61. The normalized spacial score (nSPS) is 16.3. The average molecular weight is 398 g/mol. The molecule has 0 radical (unpaired) electrons. The summed E-state index contributed by atoms with van der Waals surface area (Å²) in [5.41, 5.74) is 1.23. The highest BCUT2D eigenvalue weighted by Gasteiger charge is 2.23. The van der Waals surface area contributed by atoms with Gasteiger partial charge in [-0.05, 0) is 24.6 Å². The Morgan fingerprint density at radius 2 is 2.05 bits per heavy atom. The first kappa shape index (κ1) is 20.7. The largest absolute Gasteiger partial charge is 0.496 e. The third-order valence-corrected chi connectivity index (χ3v) is 4.03. The molecular formula is C15H23BrCl2N2O. The van der Waals surface area contributed by atoms with Gasteiger partial charge in [-0.3, -0.25) is 4.90 Å². The number of hydrogen-bond donors (Lipinski definition) is 1. The fourth-order valence-electron chi connectivity index (χ4n) is 2.59. The van der Waals surface area contributed by atoms with Gasteiger partial charge in [-0.15, -0.1) is 31.4 Å². The van der Waals surface area contributed by atoms with Crippen LogP contribution in [0.2, 0.25) is 0 Å². The molecule has 1 aromatic carbocycles. The Morgan fingerprint density at radius 3 is 2.62 bits per heavy atom. The summed E-state index contributed by atoms with van der Waals surface area (Å²) in [5.74, 6) is 0.952. The molecule has 3 nitrogen and oxygen atoms in total. The number of nitrogens with zero attached hydrogens (tertiary/aromatic N) is 1. The van der Waals surface area contributed by atoms with Gasteiger partial charge < -0.3 is 10.1 Å². The summed E-state index contributed by atoms with van der Waals surface area (Å²) in [6.07, 6.45) is 2.93. The Hall–Kier alpha value is -0.260. The summed E-state index contributed by atoms with van der Waals surface area (Å²) >= 11 is 3.56. The molecule has 0 amide bonds. The maximum absolute atomic E-state index is 5.52. The molecule has 120 valence electrons. The molecule has 6 heteroatoms. The molecule has 0 unspecified atom stereocenters. The Kier molecular flexibility index (Phi) is 10.3. The van der Waals surface area contributed by atoms with Crippen LogP contribution in [0.4, 0.5) is 0 Å². The highest BCUT2D eigenvalue weighted by atomic mass is 79.9. The second-order valence-corrected chi connectivity index (χ2v) is 5.63. The fourth-order valence-corrected chi connectivity index (χ4v) is 2.97. The summed E-state index contributed by atoms with van der Waals surface area (Å²) in [4.78, 5) is 2.50. The number of hydrogen-bond acceptors (Lipinski definition) is 3. The second-order valence-electron chi connectivity index (χ2n) is 4.71. The van der Waals surface area contributed by atoms with E-state index in [1.54, 1.807) is 7.11 Å². The number of ether oxygens (including phenoxy) is 1. The zero-order chi connectivity index (χ0) is 13.7. The number of methoxy groups -OCH3 is 1. The first-order chi connectivity index (χ1) is 9.26. The Balaban J connectivity index is 0.00000200. The summed E-state index contributed by atoms with van der Waals surface area (Å²) in [5, 5.41) is 3.40. The van der Waals surface area contributed by atoms with Crippen LogP contribution < -0.4 is 10.1 Å². The van der Waals surface area contributed by atoms with Crippen LogP contribution in [0.1, 0.15) is 18.0 Å². The molecule has 0 spiro atoms. The van der Waals surface area contributed by atoms with Gasteiger partial charge in [0.15, 0.2) is 0 Å². The molecule has 1 atom stereocenters. The van der Waals surface area contributed by atoms with E-state index in [2.05, 4.69) is 38.8 Å². The van der Waals surface area contributed by atoms with Crippen LogP contribution in [0.3, 0.4) is 0 Å². The number of halogens is 3. The maximum Gasteiger partial charge on any atom is 0.123 e. The smallest absolute Gasteiger partial charge is 0.123 e. The lowest BCUT2D eigenvalue weighted by Crippen LogP contribution is -2.45. The first-order valence-corrected chi connectivity index (χ1v) is 7.44. The predicted molar refractivity (Wildman–Crippen MR) is 97.2 cm³/mol. The molecule has 2 rings (SSSR count). The third-order valence-electron chi connectivity index (χ3n) is 3.53. The van der Waals surface area contributed by atoms with Crippen molar-refractivity contribution in [3.8, 4) is 5.75 Å². The minimum absolute atomic E-state index is 0. The number of piperazine rings is 1. The van der Waals surface area contributed by atoms with E-state index in [1.165, 1.54) is 5.56 Å². The minimum Gasteiger partial charge on any atom is -0.496 e. The minimum atomic E-state index is 0. The molecular weight excluding hydrogens is 375 g/mol. The standard InChI is InChI=1S/C15H21BrN2O.2ClH/c1-3-4-14(18-9-7-17-8-10-18)13-11-12(16)5-6-15(13)19-2;;/h3,5-6,11,14,17H,1,4,7-10H2,2H3;2*1H/t14-;;/m0../s1. The highest BCUT2D eigenvalue weighted by molar-refractivity contribution is 9.10. The van der Waals surface area contributed by atoms with Gasteiger partial charge in [0.25, 0.3) is 0 Å². The van der Waals surface area contributed by atoms with Crippen molar-refractivity contribution in [1.29, 1.82) is 0 Å². The van der Waals surface area contributed by atoms with Gasteiger partial charge in [-0.25, -0.2) is 0 Å². The lowest BCUT2D eigenvalue weighted by atomic mass is 10.00. The molecule has 1 N–H and O–H groups in total. The van der Waals surface area contributed by atoms with E-state index in [0.29, 0.717) is 6.04 Å². The van der Waals surface area contributed by atoms with Crippen molar-refractivity contribution >= 4 is 40.7 Å². The third kappa shape index (κ3) is 5.46. The van der Waals surface area contributed by atoms with Crippen molar-refractivity contribution in [2.75, 3.05) is 33.3 Å². The van der Waals surface area contributed by atoms with E-state index < -0.39 is 0 Å². The lowest BCUT2D eigenvalue weighted by Gasteiger charge is -2.35. The average Bonchev–Trinajstić information content (AvgIpc) is 2.45. The number of rotatable bonds is 5. The molecule has 1 saturated heterocycles. The van der Waals surface area contributed by atoms with Crippen LogP contribution in [0.15, 0.2) is 35.3 Å². The molecule has 1 aliphatic heterocycles. The van der Waals surface area contributed by atoms with Crippen molar-refractivity contribution in [3.63, 3.8) is 0 Å². The van der Waals surface area contributed by atoms with Gasteiger partial charge in [-0.1, -0.05) is 22.0 Å². The van der Waals surface area contributed by atoms with Crippen LogP contribution in [0, 0.1) is 0 Å². The Bertz CT molecular complexity index is 440. The van der Waals surface area contributed by atoms with Gasteiger partial charge in [0.1, 0.15) is 5.75 Å². The van der Waals surface area contributed by atoms with Crippen molar-refractivity contribution < 1.29 is 4.74 Å². The molecule has 0 aromatic heterocycles. The van der Waals surface area contributed by atoms with Crippen LogP contribution in [-0.2, 0) is 0 Å². The topological polar surface area (TPSA) is 24.5 Å². The molecule has 1 fully saturated rings. The molecule has 0 aliphatic carbocycles. The van der Waals surface area contributed by atoms with Crippen molar-refractivity contribution in [2.24, 2.45) is 0 Å². The zero-order valence-corrected chi connectivity index (χ0v) is 15.4. The first-order valence-electron chi connectivity index (χ1n) is 6.65. The van der Waals surface area contributed by atoms with Gasteiger partial charge in [0.2, 0.25) is 0 Å². The Labute approximate surface area is 148 Å². The quantitative estimate of drug-likeness (QED) is 0.764. The summed E-state index contributed by atoms with van der Waals surface area (Å²) in [6.45, 7) is 8.12. The maximum atomic E-state index is 5.52. The van der Waals surface area contributed by atoms with E-state index in [0.717, 1.165) is 42.8 Å². The van der Waals surface area contributed by atoms with Crippen LogP contribution in [-0.4, -0.2) is 38.2 Å². The van der Waals surface area contributed by atoms with Gasteiger partial charge in [0.05, 0.1) is 7.11 Å². The number of nitrogens with one attached hydrogen (secondary N) is 1. The van der Waals surface area contributed by atoms with Gasteiger partial charge >= 0.3 is 0 Å². The number of benzene rings is 1. The van der Waals surface area contributed by atoms with Gasteiger partial charge in [0, 0.05) is 42.3 Å². The lowest BCUT2D eigenvalue weighted by molar-refractivity contribution is 0.171. The van der Waals surface area contributed by atoms with Crippen molar-refractivity contribution in [3.05, 3.63) is 40.9 Å². The monoisotopic (exact) mass is 396 g/mol. The molecule has 0 bridgehead atoms. The van der Waals surface area contributed by atoms with E-state index in [9.17, 15) is 0 Å². The van der Waals surface area contributed by atoms with E-state index in [1.807, 2.05) is 18.2 Å². The predicted octanol–water partition coefficient (Wildman–Crippen LogP) is 3.82. The molecule has 21 heavy (non-hydrogen) atoms. The molecule has 1 heterocycles. The van der Waals surface area contributed by atoms with Crippen LogP contribution >= 0.6 is 40.7 Å². The van der Waals surface area contributed by atoms with E-state index in [4.69, 9.17) is 4.74 Å². The zero-order valence-electron chi connectivity index (χ0n) is 12.2. The highest BCUT2D eigenvalue weighted by Crippen LogP contribution is 2.34. The molecule has 1 aliphatic rings.